The fraction of sp³-hybridized carbons (Fsp3) is 0.621. The van der Waals surface area contributed by atoms with Crippen LogP contribution in [-0.4, -0.2) is 45.5 Å². The molecule has 0 spiro atoms. The third-order valence-corrected chi connectivity index (χ3v) is 5.83. The third kappa shape index (κ3) is 8.99. The van der Waals surface area contributed by atoms with E-state index in [9.17, 15) is 14.4 Å². The highest BCUT2D eigenvalue weighted by atomic mass is 16.6. The lowest BCUT2D eigenvalue weighted by Gasteiger charge is -2.45. The van der Waals surface area contributed by atoms with Crippen molar-refractivity contribution in [3.63, 3.8) is 0 Å². The summed E-state index contributed by atoms with van der Waals surface area (Å²) in [6.45, 7) is 24.4. The van der Waals surface area contributed by atoms with Crippen LogP contribution in [-0.2, 0) is 14.3 Å². The zero-order valence-corrected chi connectivity index (χ0v) is 24.1. The van der Waals surface area contributed by atoms with Crippen molar-refractivity contribution in [2.45, 2.75) is 111 Å². The SMILES string of the molecule is C=Cc1cccc(C(C(=O)NC(C)(C)C)N(C(=O)C(NC(=O)OC(C)(C)C)C(C)C)C(C)(C)CC)c1. The normalized spacial score (nSPS) is 14.0. The topological polar surface area (TPSA) is 87.7 Å². The minimum Gasteiger partial charge on any atom is -0.444 e. The zero-order valence-electron chi connectivity index (χ0n) is 24.1. The Labute approximate surface area is 218 Å². The second-order valence-corrected chi connectivity index (χ2v) is 12.3. The monoisotopic (exact) mass is 501 g/mol. The number of ether oxygens (including phenoxy) is 1. The average Bonchev–Trinajstić information content (AvgIpc) is 2.72. The van der Waals surface area contributed by atoms with Crippen LogP contribution in [0.4, 0.5) is 4.79 Å². The Morgan fingerprint density at radius 3 is 2.08 bits per heavy atom. The van der Waals surface area contributed by atoms with E-state index in [1.54, 1.807) is 31.7 Å². The van der Waals surface area contributed by atoms with Gasteiger partial charge in [-0.3, -0.25) is 9.59 Å². The fourth-order valence-electron chi connectivity index (χ4n) is 3.76. The first-order chi connectivity index (χ1) is 16.3. The lowest BCUT2D eigenvalue weighted by atomic mass is 9.89. The molecule has 1 aromatic rings. The van der Waals surface area contributed by atoms with Gasteiger partial charge in [-0.05, 0) is 84.9 Å². The maximum absolute atomic E-state index is 14.3. The molecule has 36 heavy (non-hydrogen) atoms. The molecule has 0 aliphatic rings. The predicted octanol–water partition coefficient (Wildman–Crippen LogP) is 5.85. The molecule has 2 N–H and O–H groups in total. The molecule has 0 saturated heterocycles. The van der Waals surface area contributed by atoms with E-state index in [0.29, 0.717) is 12.0 Å². The van der Waals surface area contributed by atoms with Gasteiger partial charge >= 0.3 is 6.09 Å². The van der Waals surface area contributed by atoms with E-state index in [0.717, 1.165) is 5.56 Å². The van der Waals surface area contributed by atoms with Crippen molar-refractivity contribution in [1.29, 1.82) is 0 Å². The standard InChI is InChI=1S/C29H47N3O4/c1-13-20-16-15-17-21(18-20)23(24(33)31-27(5,6)7)32(29(11,12)14-2)25(34)22(19(3)4)30-26(35)36-28(8,9)10/h13,15-19,22-23H,1,14H2,2-12H3,(H,30,35)(H,31,33). The number of rotatable bonds is 9. The quantitative estimate of drug-likeness (QED) is 0.444. The number of nitrogens with one attached hydrogen (secondary N) is 2. The Balaban J connectivity index is 3.71. The van der Waals surface area contributed by atoms with E-state index < -0.39 is 34.9 Å². The van der Waals surface area contributed by atoms with Crippen LogP contribution in [0, 0.1) is 5.92 Å². The molecule has 7 nitrogen and oxygen atoms in total. The second-order valence-electron chi connectivity index (χ2n) is 12.3. The Hall–Kier alpha value is -2.83. The smallest absolute Gasteiger partial charge is 0.408 e. The first-order valence-corrected chi connectivity index (χ1v) is 12.7. The summed E-state index contributed by atoms with van der Waals surface area (Å²) < 4.78 is 5.44. The summed E-state index contributed by atoms with van der Waals surface area (Å²) in [4.78, 5) is 42.4. The molecule has 2 unspecified atom stereocenters. The van der Waals surface area contributed by atoms with Crippen LogP contribution in [0.2, 0.25) is 0 Å². The van der Waals surface area contributed by atoms with Crippen molar-refractivity contribution in [1.82, 2.24) is 15.5 Å². The van der Waals surface area contributed by atoms with Crippen molar-refractivity contribution in [2.75, 3.05) is 0 Å². The summed E-state index contributed by atoms with van der Waals surface area (Å²) in [6, 6.07) is 5.65. The first kappa shape index (κ1) is 31.2. The first-order valence-electron chi connectivity index (χ1n) is 12.7. The number of hydrogen-bond donors (Lipinski definition) is 2. The summed E-state index contributed by atoms with van der Waals surface area (Å²) in [5, 5.41) is 5.82. The number of benzene rings is 1. The molecule has 7 heteroatoms. The van der Waals surface area contributed by atoms with Crippen LogP contribution in [0.15, 0.2) is 30.8 Å². The molecule has 0 aliphatic heterocycles. The van der Waals surface area contributed by atoms with Crippen LogP contribution in [0.25, 0.3) is 6.08 Å². The van der Waals surface area contributed by atoms with Gasteiger partial charge in [-0.2, -0.15) is 0 Å². The lowest BCUT2D eigenvalue weighted by molar-refractivity contribution is -0.150. The van der Waals surface area contributed by atoms with Crippen LogP contribution in [0.5, 0.6) is 0 Å². The predicted molar refractivity (Wildman–Crippen MR) is 146 cm³/mol. The third-order valence-electron chi connectivity index (χ3n) is 5.83. The van der Waals surface area contributed by atoms with Crippen molar-refractivity contribution in [3.8, 4) is 0 Å². The number of amides is 3. The van der Waals surface area contributed by atoms with Gasteiger partial charge < -0.3 is 20.3 Å². The van der Waals surface area contributed by atoms with Gasteiger partial charge in [-0.1, -0.05) is 51.6 Å². The highest BCUT2D eigenvalue weighted by Crippen LogP contribution is 2.33. The Bertz CT molecular complexity index is 939. The number of carbonyl (C=O) groups excluding carboxylic acids is 3. The van der Waals surface area contributed by atoms with Crippen molar-refractivity contribution < 1.29 is 19.1 Å². The van der Waals surface area contributed by atoms with E-state index in [-0.39, 0.29) is 17.7 Å². The van der Waals surface area contributed by atoms with Gasteiger partial charge in [-0.15, -0.1) is 0 Å². The Kier molecular flexibility index (Phi) is 10.3. The maximum atomic E-state index is 14.3. The molecule has 0 aliphatic carbocycles. The number of hydrogen-bond acceptors (Lipinski definition) is 4. The minimum absolute atomic E-state index is 0.244. The molecule has 0 fully saturated rings. The van der Waals surface area contributed by atoms with Gasteiger partial charge in [0.25, 0.3) is 0 Å². The van der Waals surface area contributed by atoms with Crippen LogP contribution in [0.3, 0.4) is 0 Å². The summed E-state index contributed by atoms with van der Waals surface area (Å²) in [7, 11) is 0. The molecule has 0 saturated carbocycles. The molecule has 202 valence electrons. The molecule has 1 aromatic carbocycles. The largest absolute Gasteiger partial charge is 0.444 e. The summed E-state index contributed by atoms with van der Waals surface area (Å²) in [6.07, 6.45) is 1.63. The molecule has 2 atom stereocenters. The van der Waals surface area contributed by atoms with Gasteiger partial charge in [0.15, 0.2) is 0 Å². The molecule has 1 rings (SSSR count). The van der Waals surface area contributed by atoms with Crippen molar-refractivity contribution in [2.24, 2.45) is 5.92 Å². The Morgan fingerprint density at radius 2 is 1.64 bits per heavy atom. The van der Waals surface area contributed by atoms with Gasteiger partial charge in [-0.25, -0.2) is 4.79 Å². The highest BCUT2D eigenvalue weighted by molar-refractivity contribution is 5.93. The maximum Gasteiger partial charge on any atom is 0.408 e. The summed E-state index contributed by atoms with van der Waals surface area (Å²) in [5.74, 6) is -0.884. The number of alkyl carbamates (subject to hydrolysis) is 1. The van der Waals surface area contributed by atoms with E-state index in [4.69, 9.17) is 4.74 Å². The lowest BCUT2D eigenvalue weighted by Crippen LogP contribution is -2.61. The minimum atomic E-state index is -0.923. The van der Waals surface area contributed by atoms with Gasteiger partial charge in [0.1, 0.15) is 17.7 Å². The molecular weight excluding hydrogens is 454 g/mol. The molecule has 0 radical (unpaired) electrons. The van der Waals surface area contributed by atoms with Crippen LogP contribution in [0.1, 0.15) is 99.8 Å². The van der Waals surface area contributed by atoms with Gasteiger partial charge in [0, 0.05) is 11.1 Å². The fourth-order valence-corrected chi connectivity index (χ4v) is 3.76. The van der Waals surface area contributed by atoms with Crippen LogP contribution >= 0.6 is 0 Å². The zero-order chi connectivity index (χ0) is 28.1. The van der Waals surface area contributed by atoms with Crippen LogP contribution < -0.4 is 10.6 Å². The molecular formula is C29H47N3O4. The molecule has 0 aromatic heterocycles. The number of nitrogens with zero attached hydrogens (tertiary/aromatic N) is 1. The van der Waals surface area contributed by atoms with E-state index in [1.165, 1.54) is 0 Å². The van der Waals surface area contributed by atoms with E-state index >= 15 is 0 Å². The van der Waals surface area contributed by atoms with Crippen molar-refractivity contribution >= 4 is 24.0 Å². The number of carbonyl (C=O) groups is 3. The van der Waals surface area contributed by atoms with E-state index in [2.05, 4.69) is 17.2 Å². The summed E-state index contributed by atoms with van der Waals surface area (Å²) >= 11 is 0. The summed E-state index contributed by atoms with van der Waals surface area (Å²) in [5.41, 5.74) is -0.414. The van der Waals surface area contributed by atoms with Crippen molar-refractivity contribution in [3.05, 3.63) is 42.0 Å². The van der Waals surface area contributed by atoms with E-state index in [1.807, 2.05) is 79.7 Å². The Morgan fingerprint density at radius 1 is 1.06 bits per heavy atom. The molecule has 0 heterocycles. The second kappa shape index (κ2) is 11.9. The molecule has 3 amide bonds. The van der Waals surface area contributed by atoms with Gasteiger partial charge in [0.05, 0.1) is 0 Å². The molecule has 0 bridgehead atoms. The highest BCUT2D eigenvalue weighted by Gasteiger charge is 2.44. The average molecular weight is 502 g/mol. The van der Waals surface area contributed by atoms with Gasteiger partial charge in [0.2, 0.25) is 11.8 Å².